The van der Waals surface area contributed by atoms with Crippen LogP contribution in [-0.4, -0.2) is 45.4 Å². The molecule has 1 aromatic rings. The number of hydrogen-bond acceptors (Lipinski definition) is 5. The second kappa shape index (κ2) is 7.54. The van der Waals surface area contributed by atoms with Gasteiger partial charge in [-0.15, -0.1) is 0 Å². The Kier molecular flexibility index (Phi) is 6.54. The van der Waals surface area contributed by atoms with Crippen LogP contribution in [0.4, 0.5) is 0 Å². The molecule has 1 atom stereocenters. The van der Waals surface area contributed by atoms with Crippen molar-refractivity contribution in [1.82, 2.24) is 5.32 Å². The number of carbonyl (C=O) groups is 1. The molecule has 0 radical (unpaired) electrons. The summed E-state index contributed by atoms with van der Waals surface area (Å²) in [4.78, 5) is 12.0. The van der Waals surface area contributed by atoms with Gasteiger partial charge in [0, 0.05) is 18.1 Å². The third-order valence-corrected chi connectivity index (χ3v) is 6.24. The van der Waals surface area contributed by atoms with Gasteiger partial charge < -0.3 is 15.8 Å². The first kappa shape index (κ1) is 19.1. The molecule has 22 heavy (non-hydrogen) atoms. The van der Waals surface area contributed by atoms with E-state index in [1.54, 1.807) is 26.0 Å². The van der Waals surface area contributed by atoms with E-state index >= 15 is 0 Å². The van der Waals surface area contributed by atoms with Crippen molar-refractivity contribution in [3.8, 4) is 0 Å². The first-order chi connectivity index (χ1) is 10.1. The summed E-state index contributed by atoms with van der Waals surface area (Å²) in [6.07, 6.45) is 0. The molecule has 3 N–H and O–H groups in total. The number of ether oxygens (including phenoxy) is 1. The first-order valence-electron chi connectivity index (χ1n) is 6.64. The van der Waals surface area contributed by atoms with Gasteiger partial charge in [0.1, 0.15) is 6.04 Å². The zero-order valence-corrected chi connectivity index (χ0v) is 15.2. The number of carbonyl (C=O) groups excluding carboxylic acids is 1. The van der Waals surface area contributed by atoms with Gasteiger partial charge in [-0.05, 0) is 38.1 Å². The summed E-state index contributed by atoms with van der Waals surface area (Å²) in [6.45, 7) is 3.16. The maximum Gasteiger partial charge on any atom is 0.239 e. The maximum absolute atomic E-state index is 12.7. The molecular formula is C14H21BrN2O4S. The SMILES string of the molecule is COCC(N)C(=O)NCC(C)(C)S(=O)(=O)c1ccc(Br)cc1. The van der Waals surface area contributed by atoms with Gasteiger partial charge in [-0.3, -0.25) is 4.79 Å². The fourth-order valence-electron chi connectivity index (χ4n) is 1.71. The van der Waals surface area contributed by atoms with Crippen molar-refractivity contribution in [2.45, 2.75) is 29.5 Å². The Hall–Kier alpha value is -0.960. The Morgan fingerprint density at radius 3 is 2.41 bits per heavy atom. The van der Waals surface area contributed by atoms with Gasteiger partial charge in [-0.25, -0.2) is 8.42 Å². The average Bonchev–Trinajstić information content (AvgIpc) is 2.45. The zero-order valence-electron chi connectivity index (χ0n) is 12.8. The number of nitrogens with two attached hydrogens (primary N) is 1. The van der Waals surface area contributed by atoms with Crippen LogP contribution in [0.1, 0.15) is 13.8 Å². The molecule has 0 saturated heterocycles. The fourth-order valence-corrected chi connectivity index (χ4v) is 3.37. The Balaban J connectivity index is 2.84. The Labute approximate surface area is 139 Å². The van der Waals surface area contributed by atoms with E-state index in [9.17, 15) is 13.2 Å². The fraction of sp³-hybridized carbons (Fsp3) is 0.500. The van der Waals surface area contributed by atoms with E-state index in [2.05, 4.69) is 21.2 Å². The van der Waals surface area contributed by atoms with Crippen LogP contribution in [0.25, 0.3) is 0 Å². The van der Waals surface area contributed by atoms with Crippen LogP contribution in [0.2, 0.25) is 0 Å². The second-order valence-electron chi connectivity index (χ2n) is 5.50. The molecule has 1 rings (SSSR count). The van der Waals surface area contributed by atoms with E-state index in [0.717, 1.165) is 4.47 Å². The van der Waals surface area contributed by atoms with E-state index in [-0.39, 0.29) is 18.0 Å². The molecular weight excluding hydrogens is 372 g/mol. The summed E-state index contributed by atoms with van der Waals surface area (Å²) < 4.78 is 29.7. The van der Waals surface area contributed by atoms with E-state index in [0.29, 0.717) is 0 Å². The molecule has 1 amide bonds. The largest absolute Gasteiger partial charge is 0.383 e. The van der Waals surface area contributed by atoms with Crippen molar-refractivity contribution < 1.29 is 17.9 Å². The molecule has 8 heteroatoms. The smallest absolute Gasteiger partial charge is 0.239 e. The highest BCUT2D eigenvalue weighted by Gasteiger charge is 2.36. The molecule has 124 valence electrons. The van der Waals surface area contributed by atoms with Crippen LogP contribution in [0.15, 0.2) is 33.6 Å². The molecule has 0 aliphatic carbocycles. The van der Waals surface area contributed by atoms with Gasteiger partial charge in [0.2, 0.25) is 5.91 Å². The number of sulfone groups is 1. The van der Waals surface area contributed by atoms with Crippen LogP contribution in [0.3, 0.4) is 0 Å². The summed E-state index contributed by atoms with van der Waals surface area (Å²) >= 11 is 3.27. The highest BCUT2D eigenvalue weighted by atomic mass is 79.9. The lowest BCUT2D eigenvalue weighted by atomic mass is 10.2. The van der Waals surface area contributed by atoms with Gasteiger partial charge in [-0.1, -0.05) is 15.9 Å². The lowest BCUT2D eigenvalue weighted by Crippen LogP contribution is -2.50. The third-order valence-electron chi connectivity index (χ3n) is 3.22. The van der Waals surface area contributed by atoms with Crippen molar-refractivity contribution in [3.05, 3.63) is 28.7 Å². The minimum Gasteiger partial charge on any atom is -0.383 e. The predicted molar refractivity (Wildman–Crippen MR) is 88.3 cm³/mol. The molecule has 0 aliphatic rings. The maximum atomic E-state index is 12.7. The molecule has 0 heterocycles. The summed E-state index contributed by atoms with van der Waals surface area (Å²) in [6, 6.07) is 5.56. The van der Waals surface area contributed by atoms with Crippen LogP contribution in [0, 0.1) is 0 Å². The van der Waals surface area contributed by atoms with Gasteiger partial charge in [0.15, 0.2) is 9.84 Å². The summed E-state index contributed by atoms with van der Waals surface area (Å²) in [5, 5.41) is 2.56. The summed E-state index contributed by atoms with van der Waals surface area (Å²) in [5.41, 5.74) is 5.60. The Morgan fingerprint density at radius 1 is 1.36 bits per heavy atom. The number of halogens is 1. The van der Waals surface area contributed by atoms with Gasteiger partial charge >= 0.3 is 0 Å². The van der Waals surface area contributed by atoms with Crippen LogP contribution >= 0.6 is 15.9 Å². The van der Waals surface area contributed by atoms with E-state index in [4.69, 9.17) is 10.5 Å². The summed E-state index contributed by atoms with van der Waals surface area (Å²) in [5.74, 6) is -0.444. The van der Waals surface area contributed by atoms with Gasteiger partial charge in [0.25, 0.3) is 0 Å². The molecule has 0 fully saturated rings. The molecule has 0 bridgehead atoms. The molecule has 1 aromatic carbocycles. The second-order valence-corrected chi connectivity index (χ2v) is 9.00. The molecule has 0 spiro atoms. The molecule has 0 saturated carbocycles. The van der Waals surface area contributed by atoms with E-state index < -0.39 is 26.5 Å². The number of nitrogens with one attached hydrogen (secondary N) is 1. The highest BCUT2D eigenvalue weighted by molar-refractivity contribution is 9.10. The van der Waals surface area contributed by atoms with Crippen LogP contribution in [0.5, 0.6) is 0 Å². The molecule has 6 nitrogen and oxygen atoms in total. The predicted octanol–water partition coefficient (Wildman–Crippen LogP) is 1.09. The number of amides is 1. The first-order valence-corrected chi connectivity index (χ1v) is 8.92. The minimum atomic E-state index is -3.60. The molecule has 0 aliphatic heterocycles. The number of methoxy groups -OCH3 is 1. The standard InChI is InChI=1S/C14H21BrN2O4S/c1-14(2,9-17-13(18)12(16)8-21-3)22(19,20)11-6-4-10(15)5-7-11/h4-7,12H,8-9,16H2,1-3H3,(H,17,18). The lowest BCUT2D eigenvalue weighted by Gasteiger charge is -2.26. The third kappa shape index (κ3) is 4.52. The van der Waals surface area contributed by atoms with Crippen molar-refractivity contribution in [1.29, 1.82) is 0 Å². The quantitative estimate of drug-likeness (QED) is 0.723. The van der Waals surface area contributed by atoms with Gasteiger partial charge in [-0.2, -0.15) is 0 Å². The topological polar surface area (TPSA) is 98.5 Å². The number of hydrogen-bond donors (Lipinski definition) is 2. The molecule has 1 unspecified atom stereocenters. The van der Waals surface area contributed by atoms with Gasteiger partial charge in [0.05, 0.1) is 16.2 Å². The van der Waals surface area contributed by atoms with E-state index in [1.807, 2.05) is 0 Å². The average molecular weight is 393 g/mol. The number of rotatable bonds is 7. The monoisotopic (exact) mass is 392 g/mol. The number of benzene rings is 1. The van der Waals surface area contributed by atoms with E-state index in [1.165, 1.54) is 19.2 Å². The van der Waals surface area contributed by atoms with Crippen molar-refractivity contribution in [2.24, 2.45) is 5.73 Å². The zero-order chi connectivity index (χ0) is 17.0. The summed E-state index contributed by atoms with van der Waals surface area (Å²) in [7, 11) is -2.16. The minimum absolute atomic E-state index is 0.0400. The van der Waals surface area contributed by atoms with Crippen molar-refractivity contribution in [2.75, 3.05) is 20.3 Å². The van der Waals surface area contributed by atoms with Crippen molar-refractivity contribution in [3.63, 3.8) is 0 Å². The van der Waals surface area contributed by atoms with Crippen LogP contribution < -0.4 is 11.1 Å². The lowest BCUT2D eigenvalue weighted by molar-refractivity contribution is -0.123. The highest BCUT2D eigenvalue weighted by Crippen LogP contribution is 2.26. The normalized spacial score (nSPS) is 13.7. The van der Waals surface area contributed by atoms with Crippen LogP contribution in [-0.2, 0) is 19.4 Å². The Bertz CT molecular complexity index is 614. The van der Waals surface area contributed by atoms with Crippen molar-refractivity contribution >= 4 is 31.7 Å². The molecule has 0 aromatic heterocycles. The Morgan fingerprint density at radius 2 is 1.91 bits per heavy atom.